The van der Waals surface area contributed by atoms with Gasteiger partial charge in [-0.2, -0.15) is 0 Å². The molecule has 0 bridgehead atoms. The van der Waals surface area contributed by atoms with Crippen LogP contribution in [0.1, 0.15) is 33.5 Å². The average molecular weight is 496 g/mol. The smallest absolute Gasteiger partial charge is 0.251 e. The van der Waals surface area contributed by atoms with E-state index in [1.54, 1.807) is 24.3 Å². The van der Waals surface area contributed by atoms with Crippen molar-refractivity contribution in [2.45, 2.75) is 43.9 Å². The Hall–Kier alpha value is -3.46. The third-order valence-corrected chi connectivity index (χ3v) is 5.93. The number of nitrogens with one attached hydrogen (secondary N) is 1. The highest BCUT2D eigenvalue weighted by Crippen LogP contribution is 2.13. The maximum Gasteiger partial charge on any atom is 0.251 e. The number of nitrogens with two attached hydrogens (primary N) is 2. The third kappa shape index (κ3) is 8.05. The van der Waals surface area contributed by atoms with Gasteiger partial charge in [-0.25, -0.2) is 8.78 Å². The molecule has 0 aromatic heterocycles. The zero-order chi connectivity index (χ0) is 26.1. The van der Waals surface area contributed by atoms with Crippen LogP contribution in [-0.4, -0.2) is 41.5 Å². The van der Waals surface area contributed by atoms with Crippen LogP contribution in [0.5, 0.6) is 0 Å². The highest BCUT2D eigenvalue weighted by molar-refractivity contribution is 5.94. The number of amides is 1. The molecule has 0 radical (unpaired) electrons. The predicted octanol–water partition coefficient (Wildman–Crippen LogP) is 2.70. The van der Waals surface area contributed by atoms with Crippen molar-refractivity contribution in [3.63, 3.8) is 0 Å². The zero-order valence-electron chi connectivity index (χ0n) is 19.9. The summed E-state index contributed by atoms with van der Waals surface area (Å²) in [5.41, 5.74) is 14.1. The number of carbonyl (C=O) groups is 2. The summed E-state index contributed by atoms with van der Waals surface area (Å²) in [7, 11) is 0. The van der Waals surface area contributed by atoms with E-state index in [2.05, 4.69) is 5.32 Å². The van der Waals surface area contributed by atoms with Crippen molar-refractivity contribution in [3.8, 4) is 0 Å². The maximum absolute atomic E-state index is 13.8. The molecule has 0 aliphatic heterocycles. The van der Waals surface area contributed by atoms with Gasteiger partial charge in [0.1, 0.15) is 17.7 Å². The molecule has 1 amide bonds. The van der Waals surface area contributed by atoms with E-state index < -0.39 is 41.5 Å². The molecule has 0 aliphatic carbocycles. The fourth-order valence-corrected chi connectivity index (χ4v) is 3.88. The van der Waals surface area contributed by atoms with Gasteiger partial charge < -0.3 is 21.9 Å². The van der Waals surface area contributed by atoms with Gasteiger partial charge in [0, 0.05) is 30.6 Å². The molecule has 0 heterocycles. The van der Waals surface area contributed by atoms with Crippen LogP contribution in [0.3, 0.4) is 0 Å². The molecule has 6 nitrogen and oxygen atoms in total. The van der Waals surface area contributed by atoms with Crippen LogP contribution in [0.4, 0.5) is 8.78 Å². The van der Waals surface area contributed by atoms with E-state index >= 15 is 0 Å². The van der Waals surface area contributed by atoms with E-state index in [0.717, 1.165) is 23.8 Å². The van der Waals surface area contributed by atoms with Crippen LogP contribution in [0, 0.1) is 11.6 Å². The second-order valence-corrected chi connectivity index (χ2v) is 8.89. The van der Waals surface area contributed by atoms with E-state index in [9.17, 15) is 23.5 Å². The number of aliphatic hydroxyl groups excluding tert-OH is 1. The molecule has 190 valence electrons. The van der Waals surface area contributed by atoms with Crippen molar-refractivity contribution in [2.24, 2.45) is 11.5 Å². The van der Waals surface area contributed by atoms with Crippen molar-refractivity contribution in [1.82, 2.24) is 5.32 Å². The number of ketones is 1. The molecule has 3 aromatic carbocycles. The summed E-state index contributed by atoms with van der Waals surface area (Å²) in [5.74, 6) is -1.96. The molecule has 0 fully saturated rings. The first kappa shape index (κ1) is 27.1. The second kappa shape index (κ2) is 13.0. The van der Waals surface area contributed by atoms with Crippen LogP contribution in [0.25, 0.3) is 0 Å². The average Bonchev–Trinajstić information content (AvgIpc) is 2.88. The third-order valence-electron chi connectivity index (χ3n) is 5.93. The molecular weight excluding hydrogens is 464 g/mol. The number of aryl methyl sites for hydroxylation is 1. The molecule has 6 N–H and O–H groups in total. The molecule has 3 rings (SSSR count). The van der Waals surface area contributed by atoms with Gasteiger partial charge >= 0.3 is 0 Å². The van der Waals surface area contributed by atoms with Crippen molar-refractivity contribution in [1.29, 1.82) is 0 Å². The van der Waals surface area contributed by atoms with E-state index in [4.69, 9.17) is 11.5 Å². The van der Waals surface area contributed by atoms with Gasteiger partial charge in [-0.05, 0) is 66.3 Å². The molecule has 3 atom stereocenters. The summed E-state index contributed by atoms with van der Waals surface area (Å²) in [6.45, 7) is 0.0485. The Balaban J connectivity index is 1.50. The SMILES string of the molecule is NC(CNC(=O)c1cccc(CC(=O)C(O)C(N)CCc2ccccc2)c1)Cc1cc(F)ccc1F. The number of hydrogen-bond donors (Lipinski definition) is 4. The summed E-state index contributed by atoms with van der Waals surface area (Å²) < 4.78 is 27.1. The van der Waals surface area contributed by atoms with Gasteiger partial charge in [-0.1, -0.05) is 42.5 Å². The quantitative estimate of drug-likeness (QED) is 0.308. The second-order valence-electron chi connectivity index (χ2n) is 8.89. The number of Topliss-reactive ketones (excluding diaryl/α,β-unsaturated/α-hetero) is 1. The lowest BCUT2D eigenvalue weighted by molar-refractivity contribution is -0.127. The van der Waals surface area contributed by atoms with Crippen LogP contribution in [0.2, 0.25) is 0 Å². The maximum atomic E-state index is 13.8. The van der Waals surface area contributed by atoms with Gasteiger partial charge in [0.25, 0.3) is 5.91 Å². The first-order chi connectivity index (χ1) is 17.2. The van der Waals surface area contributed by atoms with Gasteiger partial charge in [0.2, 0.25) is 0 Å². The molecule has 0 aliphatic rings. The van der Waals surface area contributed by atoms with Gasteiger partial charge in [-0.3, -0.25) is 9.59 Å². The Labute approximate surface area is 209 Å². The minimum absolute atomic E-state index is 0.0485. The van der Waals surface area contributed by atoms with E-state index in [1.807, 2.05) is 30.3 Å². The van der Waals surface area contributed by atoms with Crippen LogP contribution in [0.15, 0.2) is 72.8 Å². The predicted molar refractivity (Wildman–Crippen MR) is 134 cm³/mol. The fraction of sp³-hybridized carbons (Fsp3) is 0.286. The Kier molecular flexibility index (Phi) is 9.81. The minimum Gasteiger partial charge on any atom is -0.384 e. The van der Waals surface area contributed by atoms with Crippen LogP contribution in [-0.2, 0) is 24.1 Å². The van der Waals surface area contributed by atoms with Gasteiger partial charge in [0.15, 0.2) is 5.78 Å². The summed E-state index contributed by atoms with van der Waals surface area (Å²) in [6.07, 6.45) is -0.220. The van der Waals surface area contributed by atoms with Gasteiger partial charge in [-0.15, -0.1) is 0 Å². The van der Waals surface area contributed by atoms with Crippen LogP contribution >= 0.6 is 0 Å². The van der Waals surface area contributed by atoms with E-state index in [1.165, 1.54) is 0 Å². The fourth-order valence-electron chi connectivity index (χ4n) is 3.88. The Morgan fingerprint density at radius 3 is 2.39 bits per heavy atom. The number of halogens is 2. The van der Waals surface area contributed by atoms with E-state index in [-0.39, 0.29) is 24.9 Å². The van der Waals surface area contributed by atoms with Crippen molar-refractivity contribution >= 4 is 11.7 Å². The van der Waals surface area contributed by atoms with Crippen molar-refractivity contribution in [3.05, 3.63) is 107 Å². The monoisotopic (exact) mass is 495 g/mol. The molecule has 3 unspecified atom stereocenters. The standard InChI is InChI=1S/C28H31F2N3O3/c29-22-10-11-24(30)21(15-22)16-23(31)17-33-28(36)20-8-4-7-19(13-20)14-26(34)27(35)25(32)12-9-18-5-2-1-3-6-18/h1-8,10-11,13,15,23,25,27,35H,9,12,14,16-17,31-32H2,(H,33,36). The number of benzene rings is 3. The minimum atomic E-state index is -1.31. The Morgan fingerprint density at radius 2 is 1.64 bits per heavy atom. The van der Waals surface area contributed by atoms with Crippen molar-refractivity contribution < 1.29 is 23.5 Å². The van der Waals surface area contributed by atoms with Gasteiger partial charge in [0.05, 0.1) is 0 Å². The number of hydrogen-bond acceptors (Lipinski definition) is 5. The highest BCUT2D eigenvalue weighted by Gasteiger charge is 2.23. The lowest BCUT2D eigenvalue weighted by atomic mass is 9.96. The summed E-state index contributed by atoms with van der Waals surface area (Å²) >= 11 is 0. The van der Waals surface area contributed by atoms with Crippen LogP contribution < -0.4 is 16.8 Å². The molecule has 36 heavy (non-hydrogen) atoms. The zero-order valence-corrected chi connectivity index (χ0v) is 19.9. The lowest BCUT2D eigenvalue weighted by Crippen LogP contribution is -2.41. The largest absolute Gasteiger partial charge is 0.384 e. The summed E-state index contributed by atoms with van der Waals surface area (Å²) in [6, 6.07) is 18.0. The molecule has 0 saturated carbocycles. The number of carbonyl (C=O) groups excluding carboxylic acids is 2. The number of rotatable bonds is 12. The molecule has 0 saturated heterocycles. The van der Waals surface area contributed by atoms with E-state index in [0.29, 0.717) is 24.0 Å². The first-order valence-corrected chi connectivity index (χ1v) is 11.8. The molecule has 0 spiro atoms. The lowest BCUT2D eigenvalue weighted by Gasteiger charge is -2.18. The highest BCUT2D eigenvalue weighted by atomic mass is 19.1. The normalized spacial score (nSPS) is 13.6. The topological polar surface area (TPSA) is 118 Å². The first-order valence-electron chi connectivity index (χ1n) is 11.8. The Bertz CT molecular complexity index is 1170. The molecule has 8 heteroatoms. The Morgan fingerprint density at radius 1 is 0.917 bits per heavy atom. The summed E-state index contributed by atoms with van der Waals surface area (Å²) in [5, 5.41) is 13.1. The number of aliphatic hydroxyl groups is 1. The molecular formula is C28H31F2N3O3. The summed E-state index contributed by atoms with van der Waals surface area (Å²) in [4.78, 5) is 25.1. The molecule has 3 aromatic rings. The van der Waals surface area contributed by atoms with Crippen molar-refractivity contribution in [2.75, 3.05) is 6.54 Å².